The van der Waals surface area contributed by atoms with E-state index in [-0.39, 0.29) is 0 Å². The fourth-order valence-electron chi connectivity index (χ4n) is 1.34. The SMILES string of the molecule is Cc1cccc(Cl)c1CC1CO1. The van der Waals surface area contributed by atoms with Crippen LogP contribution in [0.2, 0.25) is 5.02 Å². The van der Waals surface area contributed by atoms with Crippen LogP contribution < -0.4 is 0 Å². The molecule has 0 saturated carbocycles. The van der Waals surface area contributed by atoms with E-state index < -0.39 is 0 Å². The van der Waals surface area contributed by atoms with Crippen LogP contribution in [0.1, 0.15) is 11.1 Å². The Labute approximate surface area is 77.3 Å². The molecule has 1 aliphatic heterocycles. The molecule has 1 fully saturated rings. The molecule has 64 valence electrons. The second-order valence-electron chi connectivity index (χ2n) is 3.19. The van der Waals surface area contributed by atoms with Crippen LogP contribution in [-0.2, 0) is 11.2 Å². The van der Waals surface area contributed by atoms with Crippen LogP contribution in [0.25, 0.3) is 0 Å². The highest BCUT2D eigenvalue weighted by atomic mass is 35.5. The molecule has 1 atom stereocenters. The first-order valence-corrected chi connectivity index (χ1v) is 4.51. The van der Waals surface area contributed by atoms with Gasteiger partial charge in [0.1, 0.15) is 0 Å². The molecule has 12 heavy (non-hydrogen) atoms. The Hall–Kier alpha value is -0.530. The van der Waals surface area contributed by atoms with Gasteiger partial charge in [-0.25, -0.2) is 0 Å². The zero-order valence-electron chi connectivity index (χ0n) is 7.01. The van der Waals surface area contributed by atoms with Crippen molar-refractivity contribution in [1.82, 2.24) is 0 Å². The number of hydrogen-bond donors (Lipinski definition) is 0. The van der Waals surface area contributed by atoms with Crippen molar-refractivity contribution in [2.75, 3.05) is 6.61 Å². The van der Waals surface area contributed by atoms with Crippen LogP contribution in [0, 0.1) is 6.92 Å². The molecule has 1 aliphatic rings. The van der Waals surface area contributed by atoms with Gasteiger partial charge < -0.3 is 4.74 Å². The van der Waals surface area contributed by atoms with Crippen LogP contribution in [-0.4, -0.2) is 12.7 Å². The Kier molecular flexibility index (Phi) is 2.07. The largest absolute Gasteiger partial charge is 0.373 e. The highest BCUT2D eigenvalue weighted by Gasteiger charge is 2.24. The van der Waals surface area contributed by atoms with E-state index in [1.54, 1.807) is 0 Å². The van der Waals surface area contributed by atoms with E-state index in [1.807, 2.05) is 12.1 Å². The fraction of sp³-hybridized carbons (Fsp3) is 0.400. The van der Waals surface area contributed by atoms with E-state index in [2.05, 4.69) is 13.0 Å². The topological polar surface area (TPSA) is 12.5 Å². The second kappa shape index (κ2) is 3.08. The number of ether oxygens (including phenoxy) is 1. The second-order valence-corrected chi connectivity index (χ2v) is 3.60. The van der Waals surface area contributed by atoms with E-state index in [0.717, 1.165) is 18.1 Å². The third-order valence-electron chi connectivity index (χ3n) is 2.19. The summed E-state index contributed by atoms with van der Waals surface area (Å²) in [7, 11) is 0. The lowest BCUT2D eigenvalue weighted by Gasteiger charge is -2.05. The summed E-state index contributed by atoms with van der Waals surface area (Å²) in [6.45, 7) is 2.98. The van der Waals surface area contributed by atoms with Crippen molar-refractivity contribution < 1.29 is 4.74 Å². The monoisotopic (exact) mass is 182 g/mol. The summed E-state index contributed by atoms with van der Waals surface area (Å²) in [6, 6.07) is 6.00. The van der Waals surface area contributed by atoms with Gasteiger partial charge in [0.05, 0.1) is 12.7 Å². The van der Waals surface area contributed by atoms with Crippen LogP contribution in [0.15, 0.2) is 18.2 Å². The molecule has 0 aromatic heterocycles. The number of epoxide rings is 1. The zero-order valence-corrected chi connectivity index (χ0v) is 7.77. The van der Waals surface area contributed by atoms with Gasteiger partial charge in [0, 0.05) is 11.4 Å². The first kappa shape index (κ1) is 8.09. The first-order chi connectivity index (χ1) is 5.77. The van der Waals surface area contributed by atoms with Crippen LogP contribution >= 0.6 is 11.6 Å². The molecule has 1 nitrogen and oxygen atoms in total. The van der Waals surface area contributed by atoms with Gasteiger partial charge in [-0.2, -0.15) is 0 Å². The van der Waals surface area contributed by atoms with Gasteiger partial charge >= 0.3 is 0 Å². The van der Waals surface area contributed by atoms with Gasteiger partial charge in [0.15, 0.2) is 0 Å². The standard InChI is InChI=1S/C10H11ClO/c1-7-3-2-4-10(11)9(7)5-8-6-12-8/h2-4,8H,5-6H2,1H3. The molecule has 0 aliphatic carbocycles. The van der Waals surface area contributed by atoms with Crippen molar-refractivity contribution >= 4 is 11.6 Å². The van der Waals surface area contributed by atoms with Gasteiger partial charge in [0.2, 0.25) is 0 Å². The summed E-state index contributed by atoms with van der Waals surface area (Å²) in [6.07, 6.45) is 1.38. The predicted molar refractivity (Wildman–Crippen MR) is 49.6 cm³/mol. The van der Waals surface area contributed by atoms with Crippen molar-refractivity contribution in [1.29, 1.82) is 0 Å². The molecule has 1 saturated heterocycles. The molecule has 2 rings (SSSR count). The third-order valence-corrected chi connectivity index (χ3v) is 2.54. The van der Waals surface area contributed by atoms with E-state index in [1.165, 1.54) is 11.1 Å². The van der Waals surface area contributed by atoms with E-state index in [9.17, 15) is 0 Å². The minimum Gasteiger partial charge on any atom is -0.373 e. The molecule has 0 N–H and O–H groups in total. The maximum absolute atomic E-state index is 6.05. The molecule has 0 radical (unpaired) electrons. The molecule has 1 unspecified atom stereocenters. The van der Waals surface area contributed by atoms with Gasteiger partial charge in [-0.1, -0.05) is 23.7 Å². The Morgan fingerprint density at radius 3 is 2.92 bits per heavy atom. The third kappa shape index (κ3) is 1.62. The molecule has 1 aromatic rings. The van der Waals surface area contributed by atoms with Crippen LogP contribution in [0.3, 0.4) is 0 Å². The summed E-state index contributed by atoms with van der Waals surface area (Å²) in [5.41, 5.74) is 2.50. The number of halogens is 1. The Balaban J connectivity index is 2.26. The Morgan fingerprint density at radius 1 is 1.58 bits per heavy atom. The predicted octanol–water partition coefficient (Wildman–Crippen LogP) is 2.59. The normalized spacial score (nSPS) is 21.0. The average Bonchev–Trinajstić information content (AvgIpc) is 2.80. The minimum atomic E-state index is 0.420. The van der Waals surface area contributed by atoms with E-state index >= 15 is 0 Å². The minimum absolute atomic E-state index is 0.420. The van der Waals surface area contributed by atoms with Crippen molar-refractivity contribution in [3.8, 4) is 0 Å². The van der Waals surface area contributed by atoms with Crippen molar-refractivity contribution in [3.05, 3.63) is 34.3 Å². The van der Waals surface area contributed by atoms with Crippen molar-refractivity contribution in [2.45, 2.75) is 19.4 Å². The number of rotatable bonds is 2. The van der Waals surface area contributed by atoms with Crippen LogP contribution in [0.4, 0.5) is 0 Å². The number of aryl methyl sites for hydroxylation is 1. The maximum Gasteiger partial charge on any atom is 0.0850 e. The number of hydrogen-bond acceptors (Lipinski definition) is 1. The smallest absolute Gasteiger partial charge is 0.0850 e. The summed E-state index contributed by atoms with van der Waals surface area (Å²) in [5.74, 6) is 0. The highest BCUT2D eigenvalue weighted by Crippen LogP contribution is 2.25. The first-order valence-electron chi connectivity index (χ1n) is 4.13. The summed E-state index contributed by atoms with van der Waals surface area (Å²) < 4.78 is 5.16. The Morgan fingerprint density at radius 2 is 2.33 bits per heavy atom. The molecule has 1 aromatic carbocycles. The van der Waals surface area contributed by atoms with Crippen LogP contribution in [0.5, 0.6) is 0 Å². The van der Waals surface area contributed by atoms with Gasteiger partial charge in [0.25, 0.3) is 0 Å². The van der Waals surface area contributed by atoms with Gasteiger partial charge in [-0.3, -0.25) is 0 Å². The zero-order chi connectivity index (χ0) is 8.55. The molecule has 1 heterocycles. The maximum atomic E-state index is 6.05. The van der Waals surface area contributed by atoms with Gasteiger partial charge in [-0.15, -0.1) is 0 Å². The van der Waals surface area contributed by atoms with E-state index in [4.69, 9.17) is 16.3 Å². The molecule has 0 amide bonds. The highest BCUT2D eigenvalue weighted by molar-refractivity contribution is 6.31. The summed E-state index contributed by atoms with van der Waals surface area (Å²) in [5, 5.41) is 0.866. The van der Waals surface area contributed by atoms with Crippen molar-refractivity contribution in [2.24, 2.45) is 0 Å². The summed E-state index contributed by atoms with van der Waals surface area (Å²) in [4.78, 5) is 0. The Bertz CT molecular complexity index is 272. The fourth-order valence-corrected chi connectivity index (χ4v) is 1.64. The summed E-state index contributed by atoms with van der Waals surface area (Å²) >= 11 is 6.05. The van der Waals surface area contributed by atoms with Crippen molar-refractivity contribution in [3.63, 3.8) is 0 Å². The molecular weight excluding hydrogens is 172 g/mol. The van der Waals surface area contributed by atoms with Gasteiger partial charge in [-0.05, 0) is 24.1 Å². The number of benzene rings is 1. The lowest BCUT2D eigenvalue weighted by atomic mass is 10.0. The molecular formula is C10H11ClO. The average molecular weight is 183 g/mol. The molecule has 0 spiro atoms. The quantitative estimate of drug-likeness (QED) is 0.641. The van der Waals surface area contributed by atoms with E-state index in [0.29, 0.717) is 6.10 Å². The lowest BCUT2D eigenvalue weighted by molar-refractivity contribution is 0.407. The molecule has 2 heteroatoms. The molecule has 0 bridgehead atoms. The lowest BCUT2D eigenvalue weighted by Crippen LogP contribution is -1.96.